The maximum atomic E-state index is 12.1. The standard InChI is InChI=1S/C18H19F2N3O3/c1-11-3-8-15(12(2)9-11)21-10-16(24)22-23-17(25)13-4-6-14(7-5-13)26-18(19)20/h3-9,18,21H,10H2,1-2H3,(H,22,24)(H,23,25). The molecule has 2 aromatic rings. The Bertz CT molecular complexity index is 780. The summed E-state index contributed by atoms with van der Waals surface area (Å²) in [6, 6.07) is 10.9. The predicted molar refractivity (Wildman–Crippen MR) is 93.1 cm³/mol. The molecule has 138 valence electrons. The number of amides is 2. The van der Waals surface area contributed by atoms with Crippen LogP contribution in [0.25, 0.3) is 0 Å². The lowest BCUT2D eigenvalue weighted by molar-refractivity contribution is -0.120. The van der Waals surface area contributed by atoms with Crippen molar-refractivity contribution in [1.29, 1.82) is 0 Å². The molecule has 0 aliphatic heterocycles. The molecule has 3 N–H and O–H groups in total. The fraction of sp³-hybridized carbons (Fsp3) is 0.222. The van der Waals surface area contributed by atoms with Crippen molar-refractivity contribution in [2.24, 2.45) is 0 Å². The van der Waals surface area contributed by atoms with E-state index in [0.717, 1.165) is 16.8 Å². The summed E-state index contributed by atoms with van der Waals surface area (Å²) in [6.07, 6.45) is 0. The second-order valence-corrected chi connectivity index (χ2v) is 5.58. The van der Waals surface area contributed by atoms with Crippen LogP contribution < -0.4 is 20.9 Å². The van der Waals surface area contributed by atoms with Gasteiger partial charge in [-0.2, -0.15) is 8.78 Å². The zero-order chi connectivity index (χ0) is 19.1. The highest BCUT2D eigenvalue weighted by Gasteiger charge is 2.09. The second-order valence-electron chi connectivity index (χ2n) is 5.58. The number of carbonyl (C=O) groups is 2. The summed E-state index contributed by atoms with van der Waals surface area (Å²) in [4.78, 5) is 23.7. The topological polar surface area (TPSA) is 79.5 Å². The summed E-state index contributed by atoms with van der Waals surface area (Å²) < 4.78 is 28.3. The zero-order valence-electron chi connectivity index (χ0n) is 14.3. The quantitative estimate of drug-likeness (QED) is 0.690. The molecular formula is C18H19F2N3O3. The van der Waals surface area contributed by atoms with Gasteiger partial charge in [0, 0.05) is 11.3 Å². The van der Waals surface area contributed by atoms with Crippen molar-refractivity contribution in [3.05, 3.63) is 59.2 Å². The first-order chi connectivity index (χ1) is 12.3. The molecule has 0 aliphatic rings. The van der Waals surface area contributed by atoms with E-state index >= 15 is 0 Å². The number of rotatable bonds is 6. The number of ether oxygens (including phenoxy) is 1. The van der Waals surface area contributed by atoms with Crippen molar-refractivity contribution in [2.75, 3.05) is 11.9 Å². The zero-order valence-corrected chi connectivity index (χ0v) is 14.3. The Morgan fingerprint density at radius 1 is 1.04 bits per heavy atom. The van der Waals surface area contributed by atoms with E-state index in [0.29, 0.717) is 0 Å². The SMILES string of the molecule is Cc1ccc(NCC(=O)NNC(=O)c2ccc(OC(F)F)cc2)c(C)c1. The molecule has 0 saturated heterocycles. The number of carbonyl (C=O) groups excluding carboxylic acids is 2. The minimum Gasteiger partial charge on any atom is -0.435 e. The lowest BCUT2D eigenvalue weighted by Gasteiger charge is -2.11. The Morgan fingerprint density at radius 2 is 1.73 bits per heavy atom. The smallest absolute Gasteiger partial charge is 0.387 e. The molecule has 6 nitrogen and oxygen atoms in total. The van der Waals surface area contributed by atoms with Crippen LogP contribution in [0.1, 0.15) is 21.5 Å². The highest BCUT2D eigenvalue weighted by Crippen LogP contribution is 2.16. The van der Waals surface area contributed by atoms with Crippen LogP contribution in [0.3, 0.4) is 0 Å². The van der Waals surface area contributed by atoms with Crippen LogP contribution in [0.2, 0.25) is 0 Å². The fourth-order valence-corrected chi connectivity index (χ4v) is 2.22. The highest BCUT2D eigenvalue weighted by molar-refractivity contribution is 5.95. The van der Waals surface area contributed by atoms with Gasteiger partial charge in [-0.25, -0.2) is 0 Å². The molecule has 0 radical (unpaired) electrons. The number of hydrogen-bond acceptors (Lipinski definition) is 4. The van der Waals surface area contributed by atoms with Gasteiger partial charge in [0.15, 0.2) is 0 Å². The van der Waals surface area contributed by atoms with Crippen LogP contribution in [-0.4, -0.2) is 25.0 Å². The van der Waals surface area contributed by atoms with E-state index in [1.165, 1.54) is 24.3 Å². The molecule has 2 rings (SSSR count). The number of aryl methyl sites for hydroxylation is 2. The molecule has 0 fully saturated rings. The Kier molecular flexibility index (Phi) is 6.48. The Balaban J connectivity index is 1.80. The third-order valence-corrected chi connectivity index (χ3v) is 3.48. The molecule has 2 aromatic carbocycles. The largest absolute Gasteiger partial charge is 0.435 e. The molecule has 0 bridgehead atoms. The maximum Gasteiger partial charge on any atom is 0.387 e. The summed E-state index contributed by atoms with van der Waals surface area (Å²) >= 11 is 0. The maximum absolute atomic E-state index is 12.1. The van der Waals surface area contributed by atoms with Crippen molar-refractivity contribution in [3.63, 3.8) is 0 Å². The number of hydrogen-bond donors (Lipinski definition) is 3. The van der Waals surface area contributed by atoms with Gasteiger partial charge in [-0.05, 0) is 49.7 Å². The average molecular weight is 363 g/mol. The predicted octanol–water partition coefficient (Wildman–Crippen LogP) is 2.78. The lowest BCUT2D eigenvalue weighted by atomic mass is 10.1. The van der Waals surface area contributed by atoms with Crippen LogP contribution in [0.5, 0.6) is 5.75 Å². The van der Waals surface area contributed by atoms with Crippen molar-refractivity contribution in [2.45, 2.75) is 20.5 Å². The van der Waals surface area contributed by atoms with Crippen LogP contribution >= 0.6 is 0 Å². The summed E-state index contributed by atoms with van der Waals surface area (Å²) in [5.74, 6) is -1.07. The molecule has 0 atom stereocenters. The third kappa shape index (κ3) is 5.73. The number of halogens is 2. The van der Waals surface area contributed by atoms with E-state index in [9.17, 15) is 18.4 Å². The van der Waals surface area contributed by atoms with Crippen molar-refractivity contribution < 1.29 is 23.1 Å². The Labute approximate surface area is 149 Å². The summed E-state index contributed by atoms with van der Waals surface area (Å²) in [5, 5.41) is 2.98. The van der Waals surface area contributed by atoms with E-state index in [1.54, 1.807) is 0 Å². The van der Waals surface area contributed by atoms with Crippen LogP contribution in [0.4, 0.5) is 14.5 Å². The van der Waals surface area contributed by atoms with Gasteiger partial charge in [0.1, 0.15) is 5.75 Å². The molecule has 26 heavy (non-hydrogen) atoms. The van der Waals surface area contributed by atoms with Gasteiger partial charge < -0.3 is 10.1 Å². The molecule has 0 saturated carbocycles. The van der Waals surface area contributed by atoms with Crippen molar-refractivity contribution in [1.82, 2.24) is 10.9 Å². The van der Waals surface area contributed by atoms with Gasteiger partial charge in [-0.1, -0.05) is 17.7 Å². The van der Waals surface area contributed by atoms with Gasteiger partial charge in [0.05, 0.1) is 6.54 Å². The molecule has 2 amide bonds. The molecule has 0 heterocycles. The van der Waals surface area contributed by atoms with Gasteiger partial charge in [0.25, 0.3) is 11.8 Å². The van der Waals surface area contributed by atoms with Crippen LogP contribution in [0, 0.1) is 13.8 Å². The number of nitrogens with one attached hydrogen (secondary N) is 3. The Morgan fingerprint density at radius 3 is 2.35 bits per heavy atom. The Hall–Kier alpha value is -3.16. The summed E-state index contributed by atoms with van der Waals surface area (Å²) in [6.45, 7) is 0.950. The van der Waals surface area contributed by atoms with Gasteiger partial charge in [0.2, 0.25) is 0 Å². The third-order valence-electron chi connectivity index (χ3n) is 3.48. The second kappa shape index (κ2) is 8.80. The average Bonchev–Trinajstić information content (AvgIpc) is 2.59. The van der Waals surface area contributed by atoms with Crippen molar-refractivity contribution >= 4 is 17.5 Å². The van der Waals surface area contributed by atoms with E-state index in [1.807, 2.05) is 32.0 Å². The van der Waals surface area contributed by atoms with E-state index in [-0.39, 0.29) is 17.9 Å². The number of benzene rings is 2. The normalized spacial score (nSPS) is 10.3. The van der Waals surface area contributed by atoms with E-state index in [4.69, 9.17) is 0 Å². The number of hydrazine groups is 1. The number of anilines is 1. The summed E-state index contributed by atoms with van der Waals surface area (Å²) in [7, 11) is 0. The first-order valence-electron chi connectivity index (χ1n) is 7.80. The van der Waals surface area contributed by atoms with Gasteiger partial charge in [-0.3, -0.25) is 20.4 Å². The molecular weight excluding hydrogens is 344 g/mol. The molecule has 8 heteroatoms. The van der Waals surface area contributed by atoms with Gasteiger partial charge in [-0.15, -0.1) is 0 Å². The molecule has 0 spiro atoms. The van der Waals surface area contributed by atoms with E-state index < -0.39 is 18.4 Å². The fourth-order valence-electron chi connectivity index (χ4n) is 2.22. The minimum atomic E-state index is -2.93. The molecule has 0 unspecified atom stereocenters. The summed E-state index contributed by atoms with van der Waals surface area (Å²) in [5.41, 5.74) is 7.67. The van der Waals surface area contributed by atoms with Crippen LogP contribution in [0.15, 0.2) is 42.5 Å². The molecule has 0 aliphatic carbocycles. The number of alkyl halides is 2. The molecule has 0 aromatic heterocycles. The van der Waals surface area contributed by atoms with Gasteiger partial charge >= 0.3 is 6.61 Å². The van der Waals surface area contributed by atoms with Crippen LogP contribution in [-0.2, 0) is 4.79 Å². The van der Waals surface area contributed by atoms with E-state index in [2.05, 4.69) is 20.9 Å². The minimum absolute atomic E-state index is 0.0225. The lowest BCUT2D eigenvalue weighted by Crippen LogP contribution is -2.44. The monoisotopic (exact) mass is 363 g/mol. The van der Waals surface area contributed by atoms with Crippen molar-refractivity contribution in [3.8, 4) is 5.75 Å². The first-order valence-corrected chi connectivity index (χ1v) is 7.80. The highest BCUT2D eigenvalue weighted by atomic mass is 19.3. The first kappa shape index (κ1) is 19.2.